The maximum Gasteiger partial charge on any atom is 0.306 e. The molecule has 25 heavy (non-hydrogen) atoms. The Morgan fingerprint density at radius 3 is 2.40 bits per heavy atom. The number of carboxylic acid groups (broad SMARTS) is 1. The van der Waals surface area contributed by atoms with Gasteiger partial charge in [-0.15, -0.1) is 0 Å². The molecule has 0 saturated carbocycles. The molecule has 0 aromatic heterocycles. The minimum atomic E-state index is -0.862. The van der Waals surface area contributed by atoms with Crippen LogP contribution in [0.4, 0.5) is 4.39 Å². The summed E-state index contributed by atoms with van der Waals surface area (Å²) in [5.41, 5.74) is -0.0801. The highest BCUT2D eigenvalue weighted by molar-refractivity contribution is 6.36. The smallest absolute Gasteiger partial charge is 0.306 e. The van der Waals surface area contributed by atoms with Crippen LogP contribution in [0.25, 0.3) is 0 Å². The van der Waals surface area contributed by atoms with Gasteiger partial charge in [0, 0.05) is 20.1 Å². The molecule has 1 fully saturated rings. The predicted octanol–water partition coefficient (Wildman–Crippen LogP) is 2.53. The number of likely N-dealkylation sites (tertiary alicyclic amines) is 1. The number of carbonyl (C=O) groups is 3. The first-order valence-electron chi connectivity index (χ1n) is 7.61. The van der Waals surface area contributed by atoms with Crippen molar-refractivity contribution in [1.29, 1.82) is 0 Å². The molecule has 2 rings (SSSR count). The second kappa shape index (κ2) is 8.01. The van der Waals surface area contributed by atoms with E-state index in [0.717, 1.165) is 17.0 Å². The van der Waals surface area contributed by atoms with Crippen LogP contribution in [0, 0.1) is 11.7 Å². The first-order valence-corrected chi connectivity index (χ1v) is 8.37. The summed E-state index contributed by atoms with van der Waals surface area (Å²) >= 11 is 11.5. The third kappa shape index (κ3) is 4.61. The van der Waals surface area contributed by atoms with Gasteiger partial charge in [-0.3, -0.25) is 14.4 Å². The second-order valence-electron chi connectivity index (χ2n) is 5.90. The van der Waals surface area contributed by atoms with Gasteiger partial charge in [0.1, 0.15) is 5.82 Å². The molecule has 1 N–H and O–H groups in total. The van der Waals surface area contributed by atoms with E-state index < -0.39 is 23.6 Å². The Hall–Kier alpha value is -1.86. The van der Waals surface area contributed by atoms with Gasteiger partial charge in [0.25, 0.3) is 5.91 Å². The number of carboxylic acids is 1. The van der Waals surface area contributed by atoms with Crippen LogP contribution in [0.5, 0.6) is 0 Å². The molecule has 1 heterocycles. The van der Waals surface area contributed by atoms with E-state index >= 15 is 0 Å². The van der Waals surface area contributed by atoms with Gasteiger partial charge in [0.05, 0.1) is 28.1 Å². The molecule has 0 radical (unpaired) electrons. The lowest BCUT2D eigenvalue weighted by Crippen LogP contribution is -2.45. The monoisotopic (exact) mass is 390 g/mol. The van der Waals surface area contributed by atoms with Crippen LogP contribution in [-0.2, 0) is 9.59 Å². The second-order valence-corrected chi connectivity index (χ2v) is 6.72. The minimum Gasteiger partial charge on any atom is -0.481 e. The van der Waals surface area contributed by atoms with E-state index in [-0.39, 0.29) is 28.1 Å². The first-order chi connectivity index (χ1) is 11.7. The molecule has 0 aliphatic carbocycles. The van der Waals surface area contributed by atoms with Gasteiger partial charge in [0.15, 0.2) is 0 Å². The zero-order valence-electron chi connectivity index (χ0n) is 13.5. The summed E-state index contributed by atoms with van der Waals surface area (Å²) in [5.74, 6) is -2.98. The van der Waals surface area contributed by atoms with E-state index in [1.54, 1.807) is 0 Å². The number of amides is 2. The summed E-state index contributed by atoms with van der Waals surface area (Å²) in [6.45, 7) is 0.444. The van der Waals surface area contributed by atoms with E-state index in [1.807, 2.05) is 0 Å². The molecule has 0 unspecified atom stereocenters. The Labute approximate surface area is 154 Å². The van der Waals surface area contributed by atoms with Crippen LogP contribution >= 0.6 is 23.2 Å². The zero-order valence-corrected chi connectivity index (χ0v) is 15.0. The number of likely N-dealkylation sites (N-methyl/N-ethyl adjacent to an activating group) is 1. The molecule has 136 valence electrons. The Morgan fingerprint density at radius 2 is 1.84 bits per heavy atom. The highest BCUT2D eigenvalue weighted by Crippen LogP contribution is 2.25. The van der Waals surface area contributed by atoms with Gasteiger partial charge in [-0.25, -0.2) is 4.39 Å². The first kappa shape index (κ1) is 19.5. The van der Waals surface area contributed by atoms with E-state index in [9.17, 15) is 18.8 Å². The number of hydrogen-bond donors (Lipinski definition) is 1. The van der Waals surface area contributed by atoms with E-state index in [4.69, 9.17) is 28.3 Å². The SMILES string of the molecule is CN(CC(=O)N1CCC(C(=O)O)CC1)C(=O)c1cc(F)c(Cl)cc1Cl. The molecule has 1 aromatic rings. The molecule has 0 bridgehead atoms. The molecule has 1 aromatic carbocycles. The lowest BCUT2D eigenvalue weighted by molar-refractivity contribution is -0.145. The third-order valence-electron chi connectivity index (χ3n) is 4.16. The summed E-state index contributed by atoms with van der Waals surface area (Å²) in [4.78, 5) is 38.2. The quantitative estimate of drug-likeness (QED) is 0.801. The fourth-order valence-electron chi connectivity index (χ4n) is 2.64. The summed E-state index contributed by atoms with van der Waals surface area (Å²) in [7, 11) is 1.41. The van der Waals surface area contributed by atoms with Gasteiger partial charge in [-0.05, 0) is 25.0 Å². The van der Waals surface area contributed by atoms with Crippen LogP contribution in [0.2, 0.25) is 10.0 Å². The Kier molecular flexibility index (Phi) is 6.24. The van der Waals surface area contributed by atoms with Crippen molar-refractivity contribution in [2.75, 3.05) is 26.7 Å². The van der Waals surface area contributed by atoms with Crippen molar-refractivity contribution in [2.45, 2.75) is 12.8 Å². The number of piperidine rings is 1. The van der Waals surface area contributed by atoms with Crippen molar-refractivity contribution >= 4 is 41.0 Å². The Bertz CT molecular complexity index is 706. The molecule has 0 atom stereocenters. The zero-order chi connectivity index (χ0) is 18.7. The average molecular weight is 391 g/mol. The molecule has 1 aliphatic rings. The number of carbonyl (C=O) groups excluding carboxylic acids is 2. The molecule has 6 nitrogen and oxygen atoms in total. The average Bonchev–Trinajstić information content (AvgIpc) is 2.57. The molecule has 9 heteroatoms. The minimum absolute atomic E-state index is 0.00188. The van der Waals surface area contributed by atoms with Crippen molar-refractivity contribution in [3.63, 3.8) is 0 Å². The molecule has 1 aliphatic heterocycles. The number of aliphatic carboxylic acids is 1. The Morgan fingerprint density at radius 1 is 1.24 bits per heavy atom. The third-order valence-corrected chi connectivity index (χ3v) is 4.76. The number of halogens is 3. The van der Waals surface area contributed by atoms with Gasteiger partial charge in [-0.2, -0.15) is 0 Å². The lowest BCUT2D eigenvalue weighted by atomic mass is 9.97. The van der Waals surface area contributed by atoms with Crippen LogP contribution in [0.3, 0.4) is 0 Å². The van der Waals surface area contributed by atoms with Crippen LogP contribution in [0.15, 0.2) is 12.1 Å². The van der Waals surface area contributed by atoms with Crippen LogP contribution in [-0.4, -0.2) is 59.4 Å². The lowest BCUT2D eigenvalue weighted by Gasteiger charge is -2.31. The van der Waals surface area contributed by atoms with Crippen LogP contribution in [0.1, 0.15) is 23.2 Å². The summed E-state index contributed by atoms with van der Waals surface area (Å²) in [5, 5.41) is 8.77. The fourth-order valence-corrected chi connectivity index (χ4v) is 3.11. The van der Waals surface area contributed by atoms with Crippen molar-refractivity contribution in [3.05, 3.63) is 33.6 Å². The molecule has 2 amide bonds. The summed E-state index contributed by atoms with van der Waals surface area (Å²) < 4.78 is 13.6. The Balaban J connectivity index is 1.98. The maximum absolute atomic E-state index is 13.6. The number of nitrogens with zero attached hydrogens (tertiary/aromatic N) is 2. The standard InChI is InChI=1S/C16H17Cl2FN2O4/c1-20(15(23)10-6-13(19)12(18)7-11(10)17)8-14(22)21-4-2-9(3-5-21)16(24)25/h6-7,9H,2-5,8H2,1H3,(H,24,25). The van der Waals surface area contributed by atoms with Crippen molar-refractivity contribution < 1.29 is 23.9 Å². The van der Waals surface area contributed by atoms with E-state index in [2.05, 4.69) is 0 Å². The topological polar surface area (TPSA) is 77.9 Å². The summed E-state index contributed by atoms with van der Waals surface area (Å²) in [6, 6.07) is 2.07. The van der Waals surface area contributed by atoms with Gasteiger partial charge in [0.2, 0.25) is 5.91 Å². The normalized spacial score (nSPS) is 15.1. The van der Waals surface area contributed by atoms with E-state index in [0.29, 0.717) is 25.9 Å². The number of rotatable bonds is 4. The van der Waals surface area contributed by atoms with Gasteiger partial charge >= 0.3 is 5.97 Å². The van der Waals surface area contributed by atoms with Crippen molar-refractivity contribution in [1.82, 2.24) is 9.80 Å². The molecule has 0 spiro atoms. The highest BCUT2D eigenvalue weighted by Gasteiger charge is 2.28. The predicted molar refractivity (Wildman–Crippen MR) is 90.3 cm³/mol. The van der Waals surface area contributed by atoms with Gasteiger partial charge in [-0.1, -0.05) is 23.2 Å². The largest absolute Gasteiger partial charge is 0.481 e. The fraction of sp³-hybridized carbons (Fsp3) is 0.438. The number of benzene rings is 1. The molecular weight excluding hydrogens is 374 g/mol. The maximum atomic E-state index is 13.6. The summed E-state index contributed by atoms with van der Waals surface area (Å²) in [6.07, 6.45) is 0.764. The van der Waals surface area contributed by atoms with Crippen LogP contribution < -0.4 is 0 Å². The van der Waals surface area contributed by atoms with Crippen molar-refractivity contribution in [2.24, 2.45) is 5.92 Å². The van der Waals surface area contributed by atoms with Crippen molar-refractivity contribution in [3.8, 4) is 0 Å². The molecule has 1 saturated heterocycles. The number of hydrogen-bond acceptors (Lipinski definition) is 3. The highest BCUT2D eigenvalue weighted by atomic mass is 35.5. The molecular formula is C16H17Cl2FN2O4. The van der Waals surface area contributed by atoms with E-state index in [1.165, 1.54) is 11.9 Å². The van der Waals surface area contributed by atoms with Gasteiger partial charge < -0.3 is 14.9 Å².